The van der Waals surface area contributed by atoms with Crippen molar-refractivity contribution < 1.29 is 18.0 Å². The molecule has 0 spiro atoms. The van der Waals surface area contributed by atoms with Crippen LogP contribution in [0.25, 0.3) is 5.69 Å². The minimum atomic E-state index is -4.44. The number of alkyl halides is 3. The summed E-state index contributed by atoms with van der Waals surface area (Å²) in [5.41, 5.74) is 5.18. The summed E-state index contributed by atoms with van der Waals surface area (Å²) >= 11 is 0. The van der Waals surface area contributed by atoms with Crippen molar-refractivity contribution in [2.75, 3.05) is 6.54 Å². The Morgan fingerprint density at radius 3 is 2.58 bits per heavy atom. The number of nitrogens with zero attached hydrogens (tertiary/aromatic N) is 2. The number of halogens is 3. The number of nitrogens with one attached hydrogen (secondary N) is 1. The smallest absolute Gasteiger partial charge is 0.346 e. The molecular formula is C16H19F3N4O. The largest absolute Gasteiger partial charge is 0.416 e. The van der Waals surface area contributed by atoms with E-state index in [1.165, 1.54) is 23.0 Å². The lowest BCUT2D eigenvalue weighted by molar-refractivity contribution is -0.137. The number of amides is 1. The van der Waals surface area contributed by atoms with E-state index in [2.05, 4.69) is 10.4 Å². The van der Waals surface area contributed by atoms with Crippen LogP contribution in [0.5, 0.6) is 0 Å². The standard InChI is InChI=1S/C16H19F3N4O/c1-10-13(14(24)22-15(2,3)9-20)8-21-23(10)12-6-4-5-11(7-12)16(17,18)19/h4-8H,9,20H2,1-3H3,(H,22,24). The van der Waals surface area contributed by atoms with Crippen LogP contribution in [0, 0.1) is 6.92 Å². The molecule has 0 aliphatic carbocycles. The van der Waals surface area contributed by atoms with Gasteiger partial charge in [0.15, 0.2) is 0 Å². The first-order valence-corrected chi connectivity index (χ1v) is 7.30. The second kappa shape index (κ2) is 6.27. The van der Waals surface area contributed by atoms with Gasteiger partial charge in [0.05, 0.1) is 28.7 Å². The van der Waals surface area contributed by atoms with Crippen LogP contribution in [-0.4, -0.2) is 27.8 Å². The van der Waals surface area contributed by atoms with E-state index in [-0.39, 0.29) is 23.7 Å². The zero-order valence-corrected chi connectivity index (χ0v) is 13.6. The van der Waals surface area contributed by atoms with E-state index in [0.717, 1.165) is 12.1 Å². The van der Waals surface area contributed by atoms with E-state index >= 15 is 0 Å². The Balaban J connectivity index is 2.36. The number of benzene rings is 1. The summed E-state index contributed by atoms with van der Waals surface area (Å²) < 4.78 is 39.8. The van der Waals surface area contributed by atoms with Gasteiger partial charge >= 0.3 is 6.18 Å². The van der Waals surface area contributed by atoms with Crippen molar-refractivity contribution in [2.45, 2.75) is 32.5 Å². The van der Waals surface area contributed by atoms with E-state index in [9.17, 15) is 18.0 Å². The average Bonchev–Trinajstić information content (AvgIpc) is 2.88. The van der Waals surface area contributed by atoms with Crippen LogP contribution in [0.2, 0.25) is 0 Å². The molecule has 130 valence electrons. The van der Waals surface area contributed by atoms with Gasteiger partial charge in [0.25, 0.3) is 5.91 Å². The third kappa shape index (κ3) is 3.76. The molecule has 1 aromatic carbocycles. The molecule has 0 atom stereocenters. The zero-order valence-electron chi connectivity index (χ0n) is 13.6. The monoisotopic (exact) mass is 340 g/mol. The highest BCUT2D eigenvalue weighted by Gasteiger charge is 2.31. The number of aromatic nitrogens is 2. The summed E-state index contributed by atoms with van der Waals surface area (Å²) in [5.74, 6) is -0.374. The molecule has 0 saturated heterocycles. The molecule has 3 N–H and O–H groups in total. The van der Waals surface area contributed by atoms with E-state index in [1.807, 2.05) is 0 Å². The number of hydrogen-bond acceptors (Lipinski definition) is 3. The zero-order chi connectivity index (χ0) is 18.1. The molecule has 24 heavy (non-hydrogen) atoms. The summed E-state index contributed by atoms with van der Waals surface area (Å²) in [6, 6.07) is 4.78. The summed E-state index contributed by atoms with van der Waals surface area (Å²) in [6.45, 7) is 5.42. The maximum atomic E-state index is 12.8. The van der Waals surface area contributed by atoms with Gasteiger partial charge in [0, 0.05) is 12.1 Å². The second-order valence-corrected chi connectivity index (χ2v) is 6.15. The fraction of sp³-hybridized carbons (Fsp3) is 0.375. The molecule has 1 heterocycles. The van der Waals surface area contributed by atoms with Gasteiger partial charge in [0.2, 0.25) is 0 Å². The van der Waals surface area contributed by atoms with Crippen LogP contribution in [0.1, 0.15) is 35.5 Å². The Bertz CT molecular complexity index is 750. The van der Waals surface area contributed by atoms with Gasteiger partial charge in [-0.2, -0.15) is 18.3 Å². The van der Waals surface area contributed by atoms with Crippen molar-refractivity contribution >= 4 is 5.91 Å². The fourth-order valence-corrected chi connectivity index (χ4v) is 2.13. The highest BCUT2D eigenvalue weighted by Crippen LogP contribution is 2.30. The number of hydrogen-bond donors (Lipinski definition) is 2. The predicted molar refractivity (Wildman–Crippen MR) is 83.9 cm³/mol. The maximum absolute atomic E-state index is 12.8. The SMILES string of the molecule is Cc1c(C(=O)NC(C)(C)CN)cnn1-c1cccc(C(F)(F)F)c1. The average molecular weight is 340 g/mol. The van der Waals surface area contributed by atoms with Crippen molar-refractivity contribution in [3.8, 4) is 5.69 Å². The van der Waals surface area contributed by atoms with Gasteiger partial charge in [-0.1, -0.05) is 6.07 Å². The highest BCUT2D eigenvalue weighted by atomic mass is 19.4. The van der Waals surface area contributed by atoms with Gasteiger partial charge in [-0.05, 0) is 39.0 Å². The molecule has 2 rings (SSSR count). The molecule has 1 amide bonds. The lowest BCUT2D eigenvalue weighted by Gasteiger charge is -2.24. The number of rotatable bonds is 4. The van der Waals surface area contributed by atoms with Gasteiger partial charge in [-0.3, -0.25) is 4.79 Å². The minimum absolute atomic E-state index is 0.236. The van der Waals surface area contributed by atoms with Crippen LogP contribution >= 0.6 is 0 Å². The summed E-state index contributed by atoms with van der Waals surface area (Å²) in [6.07, 6.45) is -3.11. The molecule has 8 heteroatoms. The van der Waals surface area contributed by atoms with Gasteiger partial charge < -0.3 is 11.1 Å². The van der Waals surface area contributed by atoms with E-state index in [0.29, 0.717) is 5.69 Å². The highest BCUT2D eigenvalue weighted by molar-refractivity contribution is 5.95. The van der Waals surface area contributed by atoms with Gasteiger partial charge in [-0.15, -0.1) is 0 Å². The molecule has 5 nitrogen and oxygen atoms in total. The third-order valence-corrected chi connectivity index (χ3v) is 3.63. The Hall–Kier alpha value is -2.35. The number of carbonyl (C=O) groups excluding carboxylic acids is 1. The molecule has 0 bridgehead atoms. The quantitative estimate of drug-likeness (QED) is 0.899. The number of nitrogens with two attached hydrogens (primary N) is 1. The van der Waals surface area contributed by atoms with Gasteiger partial charge in [0.1, 0.15) is 0 Å². The third-order valence-electron chi connectivity index (χ3n) is 3.63. The molecule has 0 saturated carbocycles. The molecule has 2 aromatic rings. The Morgan fingerprint density at radius 1 is 1.33 bits per heavy atom. The van der Waals surface area contributed by atoms with E-state index in [4.69, 9.17) is 5.73 Å². The first kappa shape index (κ1) is 18.0. The van der Waals surface area contributed by atoms with E-state index in [1.54, 1.807) is 20.8 Å². The minimum Gasteiger partial charge on any atom is -0.346 e. The lowest BCUT2D eigenvalue weighted by atomic mass is 10.1. The second-order valence-electron chi connectivity index (χ2n) is 6.15. The van der Waals surface area contributed by atoms with Gasteiger partial charge in [-0.25, -0.2) is 4.68 Å². The molecule has 0 radical (unpaired) electrons. The molecule has 0 unspecified atom stereocenters. The van der Waals surface area contributed by atoms with Crippen LogP contribution in [-0.2, 0) is 6.18 Å². The molecule has 1 aromatic heterocycles. The van der Waals surface area contributed by atoms with Crippen LogP contribution in [0.3, 0.4) is 0 Å². The molecule has 0 aliphatic heterocycles. The fourth-order valence-electron chi connectivity index (χ4n) is 2.13. The topological polar surface area (TPSA) is 72.9 Å². The molecular weight excluding hydrogens is 321 g/mol. The van der Waals surface area contributed by atoms with Crippen molar-refractivity contribution in [1.29, 1.82) is 0 Å². The summed E-state index contributed by atoms with van der Waals surface area (Å²) in [7, 11) is 0. The first-order valence-electron chi connectivity index (χ1n) is 7.30. The lowest BCUT2D eigenvalue weighted by Crippen LogP contribution is -2.48. The van der Waals surface area contributed by atoms with Crippen LogP contribution in [0.15, 0.2) is 30.5 Å². The van der Waals surface area contributed by atoms with Crippen molar-refractivity contribution in [3.63, 3.8) is 0 Å². The number of carbonyl (C=O) groups is 1. The van der Waals surface area contributed by atoms with Crippen molar-refractivity contribution in [1.82, 2.24) is 15.1 Å². The Morgan fingerprint density at radius 2 is 2.00 bits per heavy atom. The van der Waals surface area contributed by atoms with Crippen LogP contribution < -0.4 is 11.1 Å². The van der Waals surface area contributed by atoms with Crippen LogP contribution in [0.4, 0.5) is 13.2 Å². The van der Waals surface area contributed by atoms with E-state index < -0.39 is 17.3 Å². The molecule has 0 fully saturated rings. The molecule has 0 aliphatic rings. The summed E-state index contributed by atoms with van der Waals surface area (Å²) in [4.78, 5) is 12.3. The maximum Gasteiger partial charge on any atom is 0.416 e. The predicted octanol–water partition coefficient (Wildman–Crippen LogP) is 2.67. The normalized spacial score (nSPS) is 12.3. The van der Waals surface area contributed by atoms with Crippen molar-refractivity contribution in [2.24, 2.45) is 5.73 Å². The Labute approximate surface area is 137 Å². The Kier molecular flexibility index (Phi) is 4.70. The first-order chi connectivity index (χ1) is 11.0. The summed E-state index contributed by atoms with van der Waals surface area (Å²) in [5, 5.41) is 6.81. The van der Waals surface area contributed by atoms with Crippen molar-refractivity contribution in [3.05, 3.63) is 47.3 Å².